The number of hydrogen-bond donors (Lipinski definition) is 0. The summed E-state index contributed by atoms with van der Waals surface area (Å²) in [6.07, 6.45) is 35.2. The van der Waals surface area contributed by atoms with Gasteiger partial charge in [0.25, 0.3) is 0 Å². The molecule has 1 nitrogen and oxygen atoms in total. The van der Waals surface area contributed by atoms with Gasteiger partial charge in [0.05, 0.1) is 27.7 Å². The normalized spacial score (nSPS) is 13.0. The monoisotopic (exact) mass is 453 g/mol. The predicted octanol–water partition coefficient (Wildman–Crippen LogP) is 10.7. The SMILES string of the molecule is CCCCCCCCCCC(C)CCCCCCCCCCCCCCCC[N+](C)(C)C. The first kappa shape index (κ1) is 32.0. The second-order valence-electron chi connectivity index (χ2n) is 12.1. The fraction of sp³-hybridized carbons (Fsp3) is 1.00. The van der Waals surface area contributed by atoms with E-state index >= 15 is 0 Å². The third-order valence-electron chi connectivity index (χ3n) is 7.33. The van der Waals surface area contributed by atoms with E-state index in [0.717, 1.165) is 10.4 Å². The van der Waals surface area contributed by atoms with Crippen LogP contribution in [0.5, 0.6) is 0 Å². The maximum absolute atomic E-state index is 2.49. The molecule has 0 aromatic heterocycles. The van der Waals surface area contributed by atoms with Crippen LogP contribution in [-0.4, -0.2) is 32.2 Å². The standard InChI is InChI=1S/C31H66N/c1-6-7-8-9-10-19-22-25-28-31(2)29-26-23-20-17-15-13-11-12-14-16-18-21-24-27-30-32(3,4)5/h31H,6-30H2,1-5H3/q+1. The summed E-state index contributed by atoms with van der Waals surface area (Å²) in [6.45, 7) is 6.13. The lowest BCUT2D eigenvalue weighted by molar-refractivity contribution is -0.870. The van der Waals surface area contributed by atoms with Crippen molar-refractivity contribution >= 4 is 0 Å². The number of unbranched alkanes of at least 4 members (excludes halogenated alkanes) is 20. The molecule has 0 aliphatic heterocycles. The van der Waals surface area contributed by atoms with E-state index in [2.05, 4.69) is 35.0 Å². The summed E-state index contributed by atoms with van der Waals surface area (Å²) in [5.74, 6) is 0.966. The van der Waals surface area contributed by atoms with Crippen LogP contribution in [0.15, 0.2) is 0 Å². The van der Waals surface area contributed by atoms with E-state index in [9.17, 15) is 0 Å². The molecule has 1 unspecified atom stereocenters. The van der Waals surface area contributed by atoms with Crippen LogP contribution in [0.1, 0.15) is 168 Å². The van der Waals surface area contributed by atoms with Crippen molar-refractivity contribution in [2.45, 2.75) is 168 Å². The van der Waals surface area contributed by atoms with Gasteiger partial charge in [0.1, 0.15) is 0 Å². The van der Waals surface area contributed by atoms with Crippen molar-refractivity contribution in [1.82, 2.24) is 0 Å². The molecule has 0 aromatic rings. The molecule has 0 fully saturated rings. The van der Waals surface area contributed by atoms with E-state index < -0.39 is 0 Å². The molecule has 0 amide bonds. The van der Waals surface area contributed by atoms with Crippen LogP contribution in [0.25, 0.3) is 0 Å². The highest BCUT2D eigenvalue weighted by atomic mass is 15.3. The van der Waals surface area contributed by atoms with Crippen molar-refractivity contribution in [3.8, 4) is 0 Å². The topological polar surface area (TPSA) is 0 Å². The Bertz CT molecular complexity index is 343. The molecule has 1 atom stereocenters. The van der Waals surface area contributed by atoms with E-state index in [1.165, 1.54) is 161 Å². The quantitative estimate of drug-likeness (QED) is 0.0903. The van der Waals surface area contributed by atoms with Crippen LogP contribution in [0.2, 0.25) is 0 Å². The van der Waals surface area contributed by atoms with Crippen LogP contribution in [0.4, 0.5) is 0 Å². The van der Waals surface area contributed by atoms with Gasteiger partial charge in [-0.1, -0.05) is 155 Å². The largest absolute Gasteiger partial charge is 0.331 e. The Morgan fingerprint density at radius 2 is 0.688 bits per heavy atom. The number of rotatable bonds is 26. The Morgan fingerprint density at radius 3 is 1.00 bits per heavy atom. The van der Waals surface area contributed by atoms with Gasteiger partial charge in [-0.25, -0.2) is 0 Å². The fourth-order valence-corrected chi connectivity index (χ4v) is 4.97. The Labute approximate surface area is 206 Å². The Hall–Kier alpha value is -0.0400. The van der Waals surface area contributed by atoms with E-state index in [1.807, 2.05) is 0 Å². The van der Waals surface area contributed by atoms with Gasteiger partial charge in [0, 0.05) is 0 Å². The Balaban J connectivity index is 3.15. The molecular formula is C31H66N+. The minimum Gasteiger partial charge on any atom is -0.331 e. The lowest BCUT2D eigenvalue weighted by Crippen LogP contribution is -2.35. The highest BCUT2D eigenvalue weighted by Crippen LogP contribution is 2.19. The average Bonchev–Trinajstić information content (AvgIpc) is 2.74. The van der Waals surface area contributed by atoms with Gasteiger partial charge in [-0.15, -0.1) is 0 Å². The van der Waals surface area contributed by atoms with Crippen LogP contribution in [0, 0.1) is 5.92 Å². The number of nitrogens with zero attached hydrogens (tertiary/aromatic N) is 1. The molecule has 0 aromatic carbocycles. The van der Waals surface area contributed by atoms with Gasteiger partial charge in [-0.2, -0.15) is 0 Å². The molecule has 194 valence electrons. The van der Waals surface area contributed by atoms with Crippen LogP contribution in [0.3, 0.4) is 0 Å². The van der Waals surface area contributed by atoms with Gasteiger partial charge in [0.15, 0.2) is 0 Å². The van der Waals surface area contributed by atoms with Crippen molar-refractivity contribution in [2.24, 2.45) is 5.92 Å². The lowest BCUT2D eigenvalue weighted by Gasteiger charge is -2.23. The molecule has 0 aliphatic carbocycles. The summed E-state index contributed by atoms with van der Waals surface area (Å²) in [4.78, 5) is 0. The molecular weight excluding hydrogens is 386 g/mol. The smallest absolute Gasteiger partial charge is 0.0780 e. The summed E-state index contributed by atoms with van der Waals surface area (Å²) < 4.78 is 1.12. The fourth-order valence-electron chi connectivity index (χ4n) is 4.97. The van der Waals surface area contributed by atoms with Gasteiger partial charge in [0.2, 0.25) is 0 Å². The van der Waals surface area contributed by atoms with Crippen molar-refractivity contribution in [3.63, 3.8) is 0 Å². The molecule has 0 saturated carbocycles. The third-order valence-corrected chi connectivity index (χ3v) is 7.33. The minimum atomic E-state index is 0.966. The average molecular weight is 453 g/mol. The maximum atomic E-state index is 2.49. The maximum Gasteiger partial charge on any atom is 0.0780 e. The molecule has 0 spiro atoms. The molecule has 0 saturated heterocycles. The van der Waals surface area contributed by atoms with Crippen molar-refractivity contribution in [3.05, 3.63) is 0 Å². The highest BCUT2D eigenvalue weighted by molar-refractivity contribution is 4.56. The van der Waals surface area contributed by atoms with Crippen LogP contribution < -0.4 is 0 Å². The van der Waals surface area contributed by atoms with E-state index in [1.54, 1.807) is 0 Å². The summed E-state index contributed by atoms with van der Waals surface area (Å²) in [5.41, 5.74) is 0. The molecule has 0 heterocycles. The first-order valence-corrected chi connectivity index (χ1v) is 15.3. The summed E-state index contributed by atoms with van der Waals surface area (Å²) in [5, 5.41) is 0. The molecule has 0 radical (unpaired) electrons. The van der Waals surface area contributed by atoms with E-state index in [4.69, 9.17) is 0 Å². The Morgan fingerprint density at radius 1 is 0.406 bits per heavy atom. The Kier molecular flexibility index (Phi) is 24.1. The van der Waals surface area contributed by atoms with Crippen molar-refractivity contribution in [2.75, 3.05) is 27.7 Å². The first-order valence-electron chi connectivity index (χ1n) is 15.3. The predicted molar refractivity (Wildman–Crippen MR) is 149 cm³/mol. The number of hydrogen-bond acceptors (Lipinski definition) is 0. The second kappa shape index (κ2) is 24.1. The zero-order chi connectivity index (χ0) is 23.8. The van der Waals surface area contributed by atoms with Crippen molar-refractivity contribution < 1.29 is 4.48 Å². The second-order valence-corrected chi connectivity index (χ2v) is 12.1. The molecule has 0 rings (SSSR count). The first-order chi connectivity index (χ1) is 15.5. The third kappa shape index (κ3) is 28.0. The molecule has 0 bridgehead atoms. The van der Waals surface area contributed by atoms with E-state index in [-0.39, 0.29) is 0 Å². The zero-order valence-electron chi connectivity index (χ0n) is 23.7. The van der Waals surface area contributed by atoms with Crippen LogP contribution >= 0.6 is 0 Å². The van der Waals surface area contributed by atoms with Crippen molar-refractivity contribution in [1.29, 1.82) is 0 Å². The van der Waals surface area contributed by atoms with E-state index in [0.29, 0.717) is 0 Å². The summed E-state index contributed by atoms with van der Waals surface area (Å²) in [6, 6.07) is 0. The lowest BCUT2D eigenvalue weighted by atomic mass is 9.95. The highest BCUT2D eigenvalue weighted by Gasteiger charge is 2.05. The van der Waals surface area contributed by atoms with Crippen LogP contribution in [-0.2, 0) is 0 Å². The molecule has 0 N–H and O–H groups in total. The molecule has 1 heteroatoms. The summed E-state index contributed by atoms with van der Waals surface area (Å²) >= 11 is 0. The number of quaternary nitrogens is 1. The minimum absolute atomic E-state index is 0.966. The molecule has 32 heavy (non-hydrogen) atoms. The summed E-state index contributed by atoms with van der Waals surface area (Å²) in [7, 11) is 6.92. The van der Waals surface area contributed by atoms with Gasteiger partial charge in [-0.3, -0.25) is 0 Å². The van der Waals surface area contributed by atoms with Gasteiger partial charge in [-0.05, 0) is 18.8 Å². The van der Waals surface area contributed by atoms with Gasteiger partial charge < -0.3 is 4.48 Å². The molecule has 0 aliphatic rings. The van der Waals surface area contributed by atoms with Gasteiger partial charge >= 0.3 is 0 Å². The zero-order valence-corrected chi connectivity index (χ0v) is 23.7.